The van der Waals surface area contributed by atoms with Gasteiger partial charge in [0.05, 0.1) is 30.5 Å². The minimum atomic E-state index is -1.26. The summed E-state index contributed by atoms with van der Waals surface area (Å²) in [6.45, 7) is 4.73. The fourth-order valence-corrected chi connectivity index (χ4v) is 4.27. The van der Waals surface area contributed by atoms with Crippen LogP contribution in [0.3, 0.4) is 0 Å². The number of amides is 4. The molecule has 42 heavy (non-hydrogen) atoms. The Morgan fingerprint density at radius 1 is 1.10 bits per heavy atom. The van der Waals surface area contributed by atoms with Gasteiger partial charge in [0.2, 0.25) is 11.8 Å². The average molecular weight is 576 g/mol. The summed E-state index contributed by atoms with van der Waals surface area (Å²) >= 11 is 0. The van der Waals surface area contributed by atoms with Gasteiger partial charge in [-0.15, -0.1) is 0 Å². The predicted molar refractivity (Wildman–Crippen MR) is 152 cm³/mol. The highest BCUT2D eigenvalue weighted by Gasteiger charge is 2.27. The number of aliphatic hydroxyl groups is 1. The standard InChI is InChI=1S/C29H33N7O6/c1-17-6-7-20-13-23(17)42-12-10-31-24(38)16-36(11-9-32-28(40)25(19(3)37)35-27(20)39)29(41)22-15-33-26(34-18(22)2)21-5-4-8-30-14-21/h4-8,13-15,19,25,37H,9-12,16H2,1-3H3,(H,31,38)(H,32,40)(H,35,39)/t19-,25+/m1/s1. The van der Waals surface area contributed by atoms with Crippen LogP contribution < -0.4 is 20.7 Å². The summed E-state index contributed by atoms with van der Waals surface area (Å²) in [6.07, 6.45) is 3.43. The quantitative estimate of drug-likeness (QED) is 0.344. The van der Waals surface area contributed by atoms with Crippen LogP contribution in [0.5, 0.6) is 5.75 Å². The number of fused-ring (bicyclic) bond motifs is 2. The molecule has 1 aliphatic rings. The van der Waals surface area contributed by atoms with Crippen molar-refractivity contribution in [3.05, 3.63) is 71.3 Å². The second-order valence-electron chi connectivity index (χ2n) is 9.82. The Hall–Kier alpha value is -4.91. The number of aryl methyl sites for hydroxylation is 2. The summed E-state index contributed by atoms with van der Waals surface area (Å²) in [7, 11) is 0. The Bertz CT molecular complexity index is 1460. The molecule has 4 rings (SSSR count). The zero-order chi connectivity index (χ0) is 30.2. The molecule has 3 aromatic rings. The number of benzene rings is 1. The third-order valence-electron chi connectivity index (χ3n) is 6.62. The molecular formula is C29H33N7O6. The first-order valence-electron chi connectivity index (χ1n) is 13.4. The maximum Gasteiger partial charge on any atom is 0.257 e. The van der Waals surface area contributed by atoms with Crippen LogP contribution in [0.2, 0.25) is 0 Å². The lowest BCUT2D eigenvalue weighted by Gasteiger charge is -2.24. The van der Waals surface area contributed by atoms with Gasteiger partial charge < -0.3 is 30.7 Å². The van der Waals surface area contributed by atoms with Crippen LogP contribution in [0.4, 0.5) is 0 Å². The van der Waals surface area contributed by atoms with Gasteiger partial charge in [0.25, 0.3) is 11.8 Å². The van der Waals surface area contributed by atoms with Gasteiger partial charge in [-0.25, -0.2) is 9.97 Å². The number of aliphatic hydroxyl groups excluding tert-OH is 1. The van der Waals surface area contributed by atoms with E-state index in [-0.39, 0.29) is 43.9 Å². The van der Waals surface area contributed by atoms with E-state index in [1.165, 1.54) is 24.1 Å². The smallest absolute Gasteiger partial charge is 0.257 e. The normalized spacial score (nSPS) is 17.7. The van der Waals surface area contributed by atoms with Crippen molar-refractivity contribution >= 4 is 23.6 Å². The fraction of sp³-hybridized carbons (Fsp3) is 0.345. The summed E-state index contributed by atoms with van der Waals surface area (Å²) in [5, 5.41) is 18.2. The number of carbonyl (C=O) groups excluding carboxylic acids is 4. The molecule has 0 aliphatic carbocycles. The summed E-state index contributed by atoms with van der Waals surface area (Å²) < 4.78 is 5.78. The second-order valence-corrected chi connectivity index (χ2v) is 9.82. The topological polar surface area (TPSA) is 176 Å². The third kappa shape index (κ3) is 7.43. The number of carbonyl (C=O) groups is 4. The molecule has 2 atom stereocenters. The van der Waals surface area contributed by atoms with Crippen molar-refractivity contribution in [2.45, 2.75) is 32.9 Å². The number of hydrogen-bond acceptors (Lipinski definition) is 9. The van der Waals surface area contributed by atoms with Gasteiger partial charge in [0.15, 0.2) is 5.82 Å². The van der Waals surface area contributed by atoms with Crippen molar-refractivity contribution in [2.75, 3.05) is 32.8 Å². The van der Waals surface area contributed by atoms with Crippen LogP contribution in [0.15, 0.2) is 48.9 Å². The molecule has 13 heteroatoms. The molecular weight excluding hydrogens is 542 g/mol. The van der Waals surface area contributed by atoms with E-state index in [1.54, 1.807) is 43.6 Å². The molecule has 0 radical (unpaired) electrons. The number of pyridine rings is 1. The Morgan fingerprint density at radius 3 is 2.62 bits per heavy atom. The molecule has 2 aromatic heterocycles. The molecule has 13 nitrogen and oxygen atoms in total. The number of hydrogen-bond donors (Lipinski definition) is 4. The summed E-state index contributed by atoms with van der Waals surface area (Å²) in [6, 6.07) is 7.11. The summed E-state index contributed by atoms with van der Waals surface area (Å²) in [4.78, 5) is 66.3. The van der Waals surface area contributed by atoms with Gasteiger partial charge in [-0.05, 0) is 50.6 Å². The number of ether oxygens (including phenoxy) is 1. The van der Waals surface area contributed by atoms with Crippen LogP contribution in [-0.2, 0) is 9.59 Å². The van der Waals surface area contributed by atoms with Crippen LogP contribution in [-0.4, -0.2) is 93.5 Å². The number of nitrogens with one attached hydrogen (secondary N) is 3. The Morgan fingerprint density at radius 2 is 1.90 bits per heavy atom. The Balaban J connectivity index is 1.56. The highest BCUT2D eigenvalue weighted by atomic mass is 16.5. The maximum absolute atomic E-state index is 13.6. The first kappa shape index (κ1) is 30.1. The summed E-state index contributed by atoms with van der Waals surface area (Å²) in [5.41, 5.74) is 2.30. The van der Waals surface area contributed by atoms with Crippen molar-refractivity contribution in [3.63, 3.8) is 0 Å². The van der Waals surface area contributed by atoms with E-state index in [2.05, 4.69) is 30.9 Å². The number of aromatic nitrogens is 3. The predicted octanol–water partition coefficient (Wildman–Crippen LogP) is 0.402. The molecule has 0 spiro atoms. The molecule has 0 saturated heterocycles. The van der Waals surface area contributed by atoms with Crippen LogP contribution in [0.25, 0.3) is 11.4 Å². The maximum atomic E-state index is 13.6. The van der Waals surface area contributed by atoms with E-state index in [0.29, 0.717) is 22.8 Å². The van der Waals surface area contributed by atoms with E-state index in [0.717, 1.165) is 5.56 Å². The second kappa shape index (κ2) is 13.6. The van der Waals surface area contributed by atoms with Gasteiger partial charge in [-0.2, -0.15) is 0 Å². The number of nitrogens with zero attached hydrogens (tertiary/aromatic N) is 4. The Kier molecular flexibility index (Phi) is 9.76. The van der Waals surface area contributed by atoms with E-state index in [4.69, 9.17) is 4.74 Å². The Labute approximate surface area is 242 Å². The molecule has 1 aliphatic heterocycles. The van der Waals surface area contributed by atoms with Gasteiger partial charge >= 0.3 is 0 Å². The van der Waals surface area contributed by atoms with Crippen molar-refractivity contribution in [1.82, 2.24) is 35.8 Å². The SMILES string of the molecule is Cc1ccc2cc1OCCNC(=O)CN(C(=O)c1cnc(-c3cccnc3)nc1C)CCNC(=O)[C@H]([C@@H](C)O)NC2=O. The molecule has 0 saturated carbocycles. The van der Waals surface area contributed by atoms with E-state index < -0.39 is 35.8 Å². The molecule has 0 fully saturated rings. The molecule has 4 amide bonds. The van der Waals surface area contributed by atoms with Crippen molar-refractivity contribution in [3.8, 4) is 17.1 Å². The average Bonchev–Trinajstić information content (AvgIpc) is 2.97. The minimum Gasteiger partial charge on any atom is -0.491 e. The van der Waals surface area contributed by atoms with Gasteiger partial charge in [0, 0.05) is 42.8 Å². The van der Waals surface area contributed by atoms with E-state index in [1.807, 2.05) is 6.92 Å². The van der Waals surface area contributed by atoms with Gasteiger partial charge in [0.1, 0.15) is 18.4 Å². The lowest BCUT2D eigenvalue weighted by atomic mass is 10.1. The van der Waals surface area contributed by atoms with Crippen LogP contribution >= 0.6 is 0 Å². The van der Waals surface area contributed by atoms with Crippen LogP contribution in [0, 0.1) is 13.8 Å². The number of rotatable bonds is 3. The van der Waals surface area contributed by atoms with Gasteiger partial charge in [-0.1, -0.05) is 6.07 Å². The highest BCUT2D eigenvalue weighted by molar-refractivity contribution is 5.98. The first-order valence-corrected chi connectivity index (χ1v) is 13.4. The van der Waals surface area contributed by atoms with Gasteiger partial charge in [-0.3, -0.25) is 24.2 Å². The zero-order valence-electron chi connectivity index (χ0n) is 23.6. The van der Waals surface area contributed by atoms with Crippen LogP contribution in [0.1, 0.15) is 38.9 Å². The van der Waals surface area contributed by atoms with E-state index >= 15 is 0 Å². The molecule has 220 valence electrons. The lowest BCUT2D eigenvalue weighted by Crippen LogP contribution is -2.53. The molecule has 1 aromatic carbocycles. The first-order chi connectivity index (χ1) is 20.1. The third-order valence-corrected chi connectivity index (χ3v) is 6.62. The molecule has 0 unspecified atom stereocenters. The minimum absolute atomic E-state index is 0.0429. The fourth-order valence-electron chi connectivity index (χ4n) is 4.27. The van der Waals surface area contributed by atoms with E-state index in [9.17, 15) is 24.3 Å². The molecule has 3 heterocycles. The molecule has 2 bridgehead atoms. The molecule has 4 N–H and O–H groups in total. The lowest BCUT2D eigenvalue weighted by molar-refractivity contribution is -0.125. The largest absolute Gasteiger partial charge is 0.491 e. The zero-order valence-corrected chi connectivity index (χ0v) is 23.6. The highest BCUT2D eigenvalue weighted by Crippen LogP contribution is 2.20. The van der Waals surface area contributed by atoms with Crippen molar-refractivity contribution in [2.24, 2.45) is 0 Å². The monoisotopic (exact) mass is 575 g/mol. The summed E-state index contributed by atoms with van der Waals surface area (Å²) in [5.74, 6) is -1.32. The van der Waals surface area contributed by atoms with Crippen molar-refractivity contribution in [1.29, 1.82) is 0 Å². The van der Waals surface area contributed by atoms with Crippen molar-refractivity contribution < 1.29 is 29.0 Å².